The summed E-state index contributed by atoms with van der Waals surface area (Å²) >= 11 is 0. The van der Waals surface area contributed by atoms with Gasteiger partial charge in [-0.2, -0.15) is 5.10 Å². The van der Waals surface area contributed by atoms with Crippen LogP contribution in [0.15, 0.2) is 65.8 Å². The average Bonchev–Trinajstić information content (AvgIpc) is 3.16. The van der Waals surface area contributed by atoms with Crippen LogP contribution in [0.4, 0.5) is 10.1 Å². The zero-order valence-corrected chi connectivity index (χ0v) is 15.6. The standard InChI is InChI=1S/C19H18FN3O3S/c1-13(2)27(25,26)16-7-4-14(5-8-16)19(24)22-15-6-9-18(17(20)12-15)23-11-3-10-21-23/h3-13H,1-2H3,(H,22,24). The number of aromatic nitrogens is 2. The maximum Gasteiger partial charge on any atom is 0.255 e. The van der Waals surface area contributed by atoms with E-state index in [1.54, 1.807) is 32.2 Å². The first-order chi connectivity index (χ1) is 12.8. The fourth-order valence-corrected chi connectivity index (χ4v) is 3.51. The van der Waals surface area contributed by atoms with Gasteiger partial charge in [-0.3, -0.25) is 4.79 Å². The molecule has 0 saturated carbocycles. The Hall–Kier alpha value is -3.00. The second-order valence-corrected chi connectivity index (χ2v) is 8.69. The Morgan fingerprint density at radius 2 is 1.85 bits per heavy atom. The summed E-state index contributed by atoms with van der Waals surface area (Å²) in [4.78, 5) is 12.5. The molecule has 27 heavy (non-hydrogen) atoms. The number of carbonyl (C=O) groups excluding carboxylic acids is 1. The number of amides is 1. The number of nitrogens with one attached hydrogen (secondary N) is 1. The van der Waals surface area contributed by atoms with Crippen LogP contribution in [0.5, 0.6) is 0 Å². The van der Waals surface area contributed by atoms with E-state index in [2.05, 4.69) is 10.4 Å². The Bertz CT molecular complexity index is 1060. The highest BCUT2D eigenvalue weighted by Gasteiger charge is 2.19. The lowest BCUT2D eigenvalue weighted by atomic mass is 10.2. The molecule has 0 bridgehead atoms. The van der Waals surface area contributed by atoms with Crippen molar-refractivity contribution in [2.24, 2.45) is 0 Å². The molecule has 140 valence electrons. The van der Waals surface area contributed by atoms with E-state index < -0.39 is 26.8 Å². The third kappa shape index (κ3) is 3.90. The molecule has 0 aliphatic heterocycles. The largest absolute Gasteiger partial charge is 0.322 e. The molecule has 1 heterocycles. The van der Waals surface area contributed by atoms with Gasteiger partial charge in [0, 0.05) is 23.6 Å². The predicted octanol–water partition coefficient (Wildman–Crippen LogP) is 3.45. The molecule has 0 spiro atoms. The molecule has 6 nitrogen and oxygen atoms in total. The van der Waals surface area contributed by atoms with Crippen molar-refractivity contribution in [2.45, 2.75) is 24.0 Å². The van der Waals surface area contributed by atoms with Gasteiger partial charge < -0.3 is 5.32 Å². The molecular weight excluding hydrogens is 369 g/mol. The van der Waals surface area contributed by atoms with E-state index >= 15 is 0 Å². The monoisotopic (exact) mass is 387 g/mol. The van der Waals surface area contributed by atoms with Gasteiger partial charge in [0.25, 0.3) is 5.91 Å². The van der Waals surface area contributed by atoms with E-state index in [-0.39, 0.29) is 21.8 Å². The Kier molecular flexibility index (Phi) is 5.09. The number of anilines is 1. The SMILES string of the molecule is CC(C)S(=O)(=O)c1ccc(C(=O)Nc2ccc(-n3cccn3)c(F)c2)cc1. The Labute approximate surface area is 156 Å². The van der Waals surface area contributed by atoms with Crippen molar-refractivity contribution in [2.75, 3.05) is 5.32 Å². The van der Waals surface area contributed by atoms with E-state index in [1.165, 1.54) is 47.3 Å². The second-order valence-electron chi connectivity index (χ2n) is 6.19. The molecule has 1 aromatic heterocycles. The number of benzene rings is 2. The maximum absolute atomic E-state index is 14.2. The van der Waals surface area contributed by atoms with Gasteiger partial charge in [-0.15, -0.1) is 0 Å². The van der Waals surface area contributed by atoms with E-state index in [1.807, 2.05) is 0 Å². The zero-order chi connectivity index (χ0) is 19.6. The van der Waals surface area contributed by atoms with Crippen LogP contribution in [-0.2, 0) is 9.84 Å². The van der Waals surface area contributed by atoms with E-state index in [0.29, 0.717) is 0 Å². The minimum Gasteiger partial charge on any atom is -0.322 e. The van der Waals surface area contributed by atoms with Gasteiger partial charge >= 0.3 is 0 Å². The first-order valence-corrected chi connectivity index (χ1v) is 9.78. The molecule has 0 atom stereocenters. The minimum absolute atomic E-state index is 0.156. The molecule has 2 aromatic carbocycles. The van der Waals surface area contributed by atoms with Crippen molar-refractivity contribution in [3.05, 3.63) is 72.3 Å². The third-order valence-electron chi connectivity index (χ3n) is 4.02. The lowest BCUT2D eigenvalue weighted by Gasteiger charge is -2.10. The van der Waals surface area contributed by atoms with Crippen molar-refractivity contribution in [1.82, 2.24) is 9.78 Å². The van der Waals surface area contributed by atoms with Crippen molar-refractivity contribution in [3.63, 3.8) is 0 Å². The molecule has 0 radical (unpaired) electrons. The summed E-state index contributed by atoms with van der Waals surface area (Å²) in [5.41, 5.74) is 0.822. The summed E-state index contributed by atoms with van der Waals surface area (Å²) in [5.74, 6) is -0.996. The van der Waals surface area contributed by atoms with Gasteiger partial charge in [0.15, 0.2) is 15.7 Å². The second kappa shape index (κ2) is 7.32. The number of nitrogens with zero attached hydrogens (tertiary/aromatic N) is 2. The van der Waals surface area contributed by atoms with Crippen molar-refractivity contribution in [3.8, 4) is 5.69 Å². The highest BCUT2D eigenvalue weighted by atomic mass is 32.2. The van der Waals surface area contributed by atoms with Crippen molar-refractivity contribution in [1.29, 1.82) is 0 Å². The van der Waals surface area contributed by atoms with Crippen LogP contribution in [0.2, 0.25) is 0 Å². The summed E-state index contributed by atoms with van der Waals surface area (Å²) < 4.78 is 39.9. The number of halogens is 1. The smallest absolute Gasteiger partial charge is 0.255 e. The molecule has 1 amide bonds. The Balaban J connectivity index is 1.77. The molecule has 3 aromatic rings. The highest BCUT2D eigenvalue weighted by Crippen LogP contribution is 2.20. The van der Waals surface area contributed by atoms with Gasteiger partial charge in [0.2, 0.25) is 0 Å². The maximum atomic E-state index is 14.2. The summed E-state index contributed by atoms with van der Waals surface area (Å²) in [6.45, 7) is 3.19. The zero-order valence-electron chi connectivity index (χ0n) is 14.8. The highest BCUT2D eigenvalue weighted by molar-refractivity contribution is 7.92. The topological polar surface area (TPSA) is 81.1 Å². The number of rotatable bonds is 5. The van der Waals surface area contributed by atoms with Gasteiger partial charge in [-0.1, -0.05) is 0 Å². The van der Waals surface area contributed by atoms with E-state index in [0.717, 1.165) is 0 Å². The predicted molar refractivity (Wildman–Crippen MR) is 100 cm³/mol. The Morgan fingerprint density at radius 1 is 1.15 bits per heavy atom. The van der Waals surface area contributed by atoms with Crippen LogP contribution in [-0.4, -0.2) is 29.4 Å². The minimum atomic E-state index is -3.40. The molecule has 0 fully saturated rings. The molecular formula is C19H18FN3O3S. The van der Waals surface area contributed by atoms with E-state index in [9.17, 15) is 17.6 Å². The van der Waals surface area contributed by atoms with Gasteiger partial charge in [0.05, 0.1) is 10.1 Å². The van der Waals surface area contributed by atoms with E-state index in [4.69, 9.17) is 0 Å². The van der Waals surface area contributed by atoms with Crippen LogP contribution in [0.25, 0.3) is 5.69 Å². The molecule has 0 saturated heterocycles. The van der Waals surface area contributed by atoms with Crippen LogP contribution in [0, 0.1) is 5.82 Å². The average molecular weight is 387 g/mol. The molecule has 0 aliphatic rings. The first-order valence-electron chi connectivity index (χ1n) is 8.24. The third-order valence-corrected chi connectivity index (χ3v) is 6.19. The fourth-order valence-electron chi connectivity index (χ4n) is 2.45. The van der Waals surface area contributed by atoms with Gasteiger partial charge in [-0.25, -0.2) is 17.5 Å². The Morgan fingerprint density at radius 3 is 2.41 bits per heavy atom. The summed E-state index contributed by atoms with van der Waals surface area (Å²) in [6.07, 6.45) is 3.15. The van der Waals surface area contributed by atoms with Crippen molar-refractivity contribution < 1.29 is 17.6 Å². The van der Waals surface area contributed by atoms with Crippen molar-refractivity contribution >= 4 is 21.4 Å². The summed E-state index contributed by atoms with van der Waals surface area (Å²) in [7, 11) is -3.40. The van der Waals surface area contributed by atoms with Crippen LogP contribution >= 0.6 is 0 Å². The summed E-state index contributed by atoms with van der Waals surface area (Å²) in [5, 5.41) is 6.01. The normalized spacial score (nSPS) is 11.6. The lowest BCUT2D eigenvalue weighted by molar-refractivity contribution is 0.102. The fraction of sp³-hybridized carbons (Fsp3) is 0.158. The lowest BCUT2D eigenvalue weighted by Crippen LogP contribution is -2.15. The molecule has 8 heteroatoms. The van der Waals surface area contributed by atoms with Crippen LogP contribution in [0.1, 0.15) is 24.2 Å². The summed E-state index contributed by atoms with van der Waals surface area (Å²) in [6, 6.07) is 11.6. The molecule has 0 unspecified atom stereocenters. The van der Waals surface area contributed by atoms with Gasteiger partial charge in [-0.05, 0) is 62.4 Å². The number of sulfone groups is 1. The molecule has 3 rings (SSSR count). The molecule has 0 aliphatic carbocycles. The quantitative estimate of drug-likeness (QED) is 0.727. The molecule has 1 N–H and O–H groups in total. The van der Waals surface area contributed by atoms with Crippen LogP contribution < -0.4 is 5.32 Å². The van der Waals surface area contributed by atoms with Gasteiger partial charge in [0.1, 0.15) is 5.69 Å². The number of hydrogen-bond donors (Lipinski definition) is 1. The number of hydrogen-bond acceptors (Lipinski definition) is 4. The van der Waals surface area contributed by atoms with Crippen LogP contribution in [0.3, 0.4) is 0 Å². The number of carbonyl (C=O) groups is 1. The first kappa shape index (κ1) is 18.8.